The topological polar surface area (TPSA) is 163 Å². The molecule has 3 N–H and O–H groups in total. The molecular formula is C32H42N6O6S4. The van der Waals surface area contributed by atoms with Crippen molar-refractivity contribution in [1.29, 1.82) is 0 Å². The van der Waals surface area contributed by atoms with E-state index < -0.39 is 18.3 Å². The monoisotopic (exact) mass is 734 g/mol. The van der Waals surface area contributed by atoms with Gasteiger partial charge in [-0.05, 0) is 71.5 Å². The van der Waals surface area contributed by atoms with Gasteiger partial charge in [0.25, 0.3) is 0 Å². The predicted molar refractivity (Wildman–Crippen MR) is 202 cm³/mol. The molecule has 12 nitrogen and oxygen atoms in total. The first kappa shape index (κ1) is 40.4. The second kappa shape index (κ2) is 18.1. The van der Waals surface area contributed by atoms with Crippen LogP contribution in [0.15, 0.2) is 106 Å². The molecule has 48 heavy (non-hydrogen) atoms. The molecule has 4 rings (SSSR count). The first-order valence-electron chi connectivity index (χ1n) is 14.2. The highest BCUT2D eigenvalue weighted by atomic mass is 33.2. The minimum atomic E-state index is -4.47. The zero-order valence-electron chi connectivity index (χ0n) is 28.1. The third kappa shape index (κ3) is 14.5. The van der Waals surface area contributed by atoms with E-state index in [9.17, 15) is 21.4 Å². The number of para-hydroxylation sites is 1. The highest BCUT2D eigenvalue weighted by molar-refractivity contribution is 8.70. The maximum Gasteiger partial charge on any atom is 0.324 e. The Kier molecular flexibility index (Phi) is 15.2. The Balaban J connectivity index is 0.000000282. The molecule has 0 amide bonds. The number of rotatable bonds is 8. The molecule has 0 bridgehead atoms. The molecule has 0 atom stereocenters. The molecule has 16 heteroatoms. The fourth-order valence-electron chi connectivity index (χ4n) is 3.73. The van der Waals surface area contributed by atoms with Crippen LogP contribution in [-0.4, -0.2) is 98.3 Å². The molecule has 3 aromatic carbocycles. The molecule has 1 aliphatic rings. The van der Waals surface area contributed by atoms with Gasteiger partial charge in [0.2, 0.25) is 0 Å². The van der Waals surface area contributed by atoms with Crippen LogP contribution in [0.4, 0.5) is 28.4 Å². The average molecular weight is 735 g/mol. The molecule has 0 saturated carbocycles. The Morgan fingerprint density at radius 3 is 1.65 bits per heavy atom. The van der Waals surface area contributed by atoms with Crippen molar-refractivity contribution in [3.05, 3.63) is 91.0 Å². The Hall–Kier alpha value is -3.80. The summed E-state index contributed by atoms with van der Waals surface area (Å²) in [5.41, 5.74) is 10.9. The van der Waals surface area contributed by atoms with E-state index in [4.69, 9.17) is 10.3 Å². The SMILES string of the molecule is CN(C)c1ccc(N)c(SS(=O)(=O)O)c1.CN(C)c1ccc(N=C2C=CC(=[N+](C)C)C=C2)c(SS(=O)(=O)[O-])c1.CN(C)c1ccccc1. The number of benzene rings is 3. The Morgan fingerprint density at radius 1 is 0.708 bits per heavy atom. The third-order valence-electron chi connectivity index (χ3n) is 6.25. The lowest BCUT2D eigenvalue weighted by Crippen LogP contribution is -2.11. The van der Waals surface area contributed by atoms with E-state index >= 15 is 0 Å². The lowest BCUT2D eigenvalue weighted by molar-refractivity contribution is -0.462. The summed E-state index contributed by atoms with van der Waals surface area (Å²) >= 11 is 0. The summed E-state index contributed by atoms with van der Waals surface area (Å²) in [5.74, 6) is 0. The van der Waals surface area contributed by atoms with Crippen LogP contribution in [0.25, 0.3) is 0 Å². The van der Waals surface area contributed by atoms with Gasteiger partial charge in [0.05, 0.1) is 16.3 Å². The second-order valence-electron chi connectivity index (χ2n) is 10.9. The normalized spacial score (nSPS) is 12.3. The van der Waals surface area contributed by atoms with Crippen LogP contribution in [0, 0.1) is 0 Å². The van der Waals surface area contributed by atoms with Crippen LogP contribution in [0.1, 0.15) is 0 Å². The number of anilines is 4. The highest BCUT2D eigenvalue weighted by Crippen LogP contribution is 2.36. The third-order valence-corrected chi connectivity index (χ3v) is 10.0. The minimum absolute atomic E-state index is 0.274. The Morgan fingerprint density at radius 2 is 1.21 bits per heavy atom. The molecular weight excluding hydrogens is 693 g/mol. The van der Waals surface area contributed by atoms with E-state index in [-0.39, 0.29) is 10.8 Å². The molecule has 0 aromatic heterocycles. The maximum absolute atomic E-state index is 11.2. The molecule has 260 valence electrons. The molecule has 0 heterocycles. The van der Waals surface area contributed by atoms with E-state index in [1.807, 2.05) is 119 Å². The second-order valence-corrected chi connectivity index (χ2v) is 17.3. The van der Waals surface area contributed by atoms with Crippen molar-refractivity contribution in [2.24, 2.45) is 4.99 Å². The average Bonchev–Trinajstić information content (AvgIpc) is 2.99. The zero-order valence-corrected chi connectivity index (χ0v) is 31.4. The van der Waals surface area contributed by atoms with Crippen molar-refractivity contribution in [2.75, 3.05) is 76.8 Å². The first-order chi connectivity index (χ1) is 22.3. The molecule has 0 unspecified atom stereocenters. The van der Waals surface area contributed by atoms with Gasteiger partial charge in [-0.25, -0.2) is 18.0 Å². The molecule has 0 saturated heterocycles. The van der Waals surface area contributed by atoms with Gasteiger partial charge in [-0.1, -0.05) is 18.2 Å². The summed E-state index contributed by atoms with van der Waals surface area (Å²) < 4.78 is 65.5. The van der Waals surface area contributed by atoms with Gasteiger partial charge < -0.3 is 25.0 Å². The molecule has 3 aromatic rings. The van der Waals surface area contributed by atoms with E-state index in [1.54, 1.807) is 30.3 Å². The van der Waals surface area contributed by atoms with Crippen molar-refractivity contribution >= 4 is 79.7 Å². The number of aliphatic imine (C=N–C) groups is 1. The van der Waals surface area contributed by atoms with Gasteiger partial charge in [-0.3, -0.25) is 4.55 Å². The summed E-state index contributed by atoms with van der Waals surface area (Å²) in [7, 11) is 7.31. The van der Waals surface area contributed by atoms with E-state index in [2.05, 4.69) is 22.0 Å². The summed E-state index contributed by atoms with van der Waals surface area (Å²) in [5, 5.41) is 0. The fourth-order valence-corrected chi connectivity index (χ4v) is 7.05. The van der Waals surface area contributed by atoms with Gasteiger partial charge >= 0.3 is 9.15 Å². The summed E-state index contributed by atoms with van der Waals surface area (Å²) in [4.78, 5) is 10.8. The van der Waals surface area contributed by atoms with Crippen LogP contribution in [-0.2, 0) is 18.3 Å². The number of hydrogen-bond donors (Lipinski definition) is 2. The lowest BCUT2D eigenvalue weighted by atomic mass is 10.1. The van der Waals surface area contributed by atoms with Crippen LogP contribution >= 0.6 is 21.6 Å². The summed E-state index contributed by atoms with van der Waals surface area (Å²) in [6.45, 7) is 0. The zero-order chi connectivity index (χ0) is 36.2. The van der Waals surface area contributed by atoms with Crippen LogP contribution in [0.2, 0.25) is 0 Å². The standard InChI is InChI=1S/C16H19N3O3S2.C8H12N2O3S2.C8H11N/c1-18(2)13-7-5-12(6-8-13)17-15-10-9-14(19(3)4)11-16(15)23-24(20,21)22;1-10(2)6-3-4-7(9)8(5-6)14-15(11,12)13;1-9(2)8-6-4-3-5-7-8/h5-11H,1-4H3;3-5H,9H2,1-2H3,(H,11,12,13);3-7H,1-2H3. The summed E-state index contributed by atoms with van der Waals surface area (Å²) in [6, 6.07) is 20.4. The van der Waals surface area contributed by atoms with Gasteiger partial charge in [-0.2, -0.15) is 8.42 Å². The van der Waals surface area contributed by atoms with Crippen molar-refractivity contribution < 1.29 is 30.5 Å². The van der Waals surface area contributed by atoms with Crippen molar-refractivity contribution in [3.8, 4) is 0 Å². The number of allylic oxidation sites excluding steroid dienone is 4. The first-order valence-corrected chi connectivity index (χ1v) is 19.7. The minimum Gasteiger partial charge on any atom is -0.739 e. The number of nitrogen functional groups attached to an aromatic ring is 1. The number of nitrogens with two attached hydrogens (primary N) is 1. The van der Waals surface area contributed by atoms with Crippen molar-refractivity contribution in [1.82, 2.24) is 0 Å². The molecule has 0 aliphatic heterocycles. The van der Waals surface area contributed by atoms with Crippen LogP contribution < -0.4 is 20.4 Å². The van der Waals surface area contributed by atoms with Gasteiger partial charge in [0.1, 0.15) is 14.1 Å². The molecule has 0 spiro atoms. The number of nitrogens with zero attached hydrogens (tertiary/aromatic N) is 5. The predicted octanol–water partition coefficient (Wildman–Crippen LogP) is 5.20. The Labute approximate surface area is 291 Å². The largest absolute Gasteiger partial charge is 0.739 e. The number of hydrogen-bond acceptors (Lipinski definition) is 12. The van der Waals surface area contributed by atoms with Gasteiger partial charge in [0.15, 0.2) is 14.9 Å². The molecule has 1 aliphatic carbocycles. The van der Waals surface area contributed by atoms with Crippen LogP contribution in [0.3, 0.4) is 0 Å². The Bertz CT molecular complexity index is 1870. The molecule has 0 radical (unpaired) electrons. The quantitative estimate of drug-likeness (QED) is 0.102. The van der Waals surface area contributed by atoms with Gasteiger partial charge in [-0.15, -0.1) is 0 Å². The molecule has 0 fully saturated rings. The maximum atomic E-state index is 11.2. The van der Waals surface area contributed by atoms with Crippen LogP contribution in [0.5, 0.6) is 0 Å². The van der Waals surface area contributed by atoms with Gasteiger partial charge in [0, 0.05) is 92.9 Å². The van der Waals surface area contributed by atoms with E-state index in [0.29, 0.717) is 37.7 Å². The fraction of sp³-hybridized carbons (Fsp3) is 0.250. The van der Waals surface area contributed by atoms with E-state index in [1.165, 1.54) is 5.69 Å². The van der Waals surface area contributed by atoms with Crippen molar-refractivity contribution in [2.45, 2.75) is 9.79 Å². The summed E-state index contributed by atoms with van der Waals surface area (Å²) in [6.07, 6.45) is 7.53. The van der Waals surface area contributed by atoms with Crippen molar-refractivity contribution in [3.63, 3.8) is 0 Å². The van der Waals surface area contributed by atoms with E-state index in [0.717, 1.165) is 17.1 Å². The highest BCUT2D eigenvalue weighted by Gasteiger charge is 2.13. The smallest absolute Gasteiger partial charge is 0.324 e. The lowest BCUT2D eigenvalue weighted by Gasteiger charge is -2.16.